The smallest absolute Gasteiger partial charge is 0.0916 e. The molecule has 0 spiro atoms. The molecule has 1 aliphatic rings. The third kappa shape index (κ3) is 3.41. The Hall–Kier alpha value is -0.170. The van der Waals surface area contributed by atoms with Crippen LogP contribution in [0.1, 0.15) is 11.7 Å². The predicted molar refractivity (Wildman–Crippen MR) is 71.4 cm³/mol. The van der Waals surface area contributed by atoms with E-state index in [1.54, 1.807) is 0 Å². The van der Waals surface area contributed by atoms with Gasteiger partial charge in [0.2, 0.25) is 0 Å². The van der Waals surface area contributed by atoms with E-state index in [0.29, 0.717) is 6.54 Å². The van der Waals surface area contributed by atoms with Crippen molar-refractivity contribution in [1.29, 1.82) is 0 Å². The molecule has 3 nitrogen and oxygen atoms in total. The van der Waals surface area contributed by atoms with E-state index in [4.69, 9.17) is 4.74 Å². The Kier molecular flexibility index (Phi) is 4.57. The lowest BCUT2D eigenvalue weighted by atomic mass is 10.1. The van der Waals surface area contributed by atoms with Gasteiger partial charge in [0.15, 0.2) is 0 Å². The maximum absolute atomic E-state index is 10.1. The molecular weight excluding hydrogens is 317 g/mol. The molecule has 0 saturated carbocycles. The van der Waals surface area contributed by atoms with Crippen molar-refractivity contribution in [3.63, 3.8) is 0 Å². The maximum atomic E-state index is 10.1. The van der Waals surface area contributed by atoms with Crippen molar-refractivity contribution in [1.82, 2.24) is 4.90 Å². The largest absolute Gasteiger partial charge is 0.387 e. The van der Waals surface area contributed by atoms with Crippen LogP contribution in [0.2, 0.25) is 0 Å². The summed E-state index contributed by atoms with van der Waals surface area (Å²) >= 11 is 2.27. The number of ether oxygens (including phenoxy) is 1. The number of aliphatic hydroxyl groups is 1. The second-order valence-corrected chi connectivity index (χ2v) is 5.23. The van der Waals surface area contributed by atoms with E-state index in [2.05, 4.69) is 27.5 Å². The Balaban J connectivity index is 1.91. The molecule has 0 aliphatic carbocycles. The highest BCUT2D eigenvalue weighted by Crippen LogP contribution is 2.16. The standard InChI is InChI=1S/C12H16INO2/c13-11-3-1-10(2-4-11)12(15)9-14-5-7-16-8-6-14/h1-4,12,15H,5-9H2/t12-/m1/s1. The molecule has 16 heavy (non-hydrogen) atoms. The zero-order chi connectivity index (χ0) is 11.4. The van der Waals surface area contributed by atoms with Crippen LogP contribution >= 0.6 is 22.6 Å². The molecule has 88 valence electrons. The average molecular weight is 333 g/mol. The second-order valence-electron chi connectivity index (χ2n) is 3.98. The fourth-order valence-corrected chi connectivity index (χ4v) is 2.18. The minimum Gasteiger partial charge on any atom is -0.387 e. The molecule has 1 aromatic carbocycles. The van der Waals surface area contributed by atoms with Crippen molar-refractivity contribution < 1.29 is 9.84 Å². The molecule has 0 aromatic heterocycles. The first-order chi connectivity index (χ1) is 7.75. The highest BCUT2D eigenvalue weighted by atomic mass is 127. The number of benzene rings is 1. The van der Waals surface area contributed by atoms with Gasteiger partial charge in [0.1, 0.15) is 0 Å². The van der Waals surface area contributed by atoms with Crippen molar-refractivity contribution in [2.24, 2.45) is 0 Å². The molecule has 1 aliphatic heterocycles. The molecule has 0 unspecified atom stereocenters. The first kappa shape index (κ1) is 12.3. The summed E-state index contributed by atoms with van der Waals surface area (Å²) in [7, 11) is 0. The highest BCUT2D eigenvalue weighted by molar-refractivity contribution is 14.1. The first-order valence-corrected chi connectivity index (χ1v) is 6.57. The molecule has 1 saturated heterocycles. The summed E-state index contributed by atoms with van der Waals surface area (Å²) in [5.41, 5.74) is 0.993. The Morgan fingerprint density at radius 2 is 1.88 bits per heavy atom. The van der Waals surface area contributed by atoms with Gasteiger partial charge in [0.05, 0.1) is 19.3 Å². The molecule has 0 bridgehead atoms. The van der Waals surface area contributed by atoms with Crippen molar-refractivity contribution >= 4 is 22.6 Å². The third-order valence-electron chi connectivity index (χ3n) is 2.79. The van der Waals surface area contributed by atoms with Gasteiger partial charge in [-0.3, -0.25) is 4.90 Å². The monoisotopic (exact) mass is 333 g/mol. The van der Waals surface area contributed by atoms with Gasteiger partial charge in [-0.05, 0) is 40.3 Å². The maximum Gasteiger partial charge on any atom is 0.0916 e. The van der Waals surface area contributed by atoms with E-state index in [-0.39, 0.29) is 0 Å². The zero-order valence-electron chi connectivity index (χ0n) is 9.10. The van der Waals surface area contributed by atoms with E-state index in [1.165, 1.54) is 3.57 Å². The van der Waals surface area contributed by atoms with E-state index in [0.717, 1.165) is 31.9 Å². The lowest BCUT2D eigenvalue weighted by Gasteiger charge is -2.28. The van der Waals surface area contributed by atoms with Crippen LogP contribution in [0.15, 0.2) is 24.3 Å². The van der Waals surface area contributed by atoms with E-state index in [1.807, 2.05) is 24.3 Å². The van der Waals surface area contributed by atoms with Crippen LogP contribution in [0.5, 0.6) is 0 Å². The fraction of sp³-hybridized carbons (Fsp3) is 0.500. The molecule has 1 aromatic rings. The van der Waals surface area contributed by atoms with Crippen LogP contribution in [0.25, 0.3) is 0 Å². The summed E-state index contributed by atoms with van der Waals surface area (Å²) in [4.78, 5) is 2.24. The van der Waals surface area contributed by atoms with Crippen LogP contribution in [0.3, 0.4) is 0 Å². The van der Waals surface area contributed by atoms with E-state index >= 15 is 0 Å². The number of β-amino-alcohol motifs (C(OH)–C–C–N with tert-alkyl or cyclic N) is 1. The van der Waals surface area contributed by atoms with Gasteiger partial charge >= 0.3 is 0 Å². The minimum absolute atomic E-state index is 0.393. The van der Waals surface area contributed by atoms with Crippen molar-refractivity contribution in [2.45, 2.75) is 6.10 Å². The number of rotatable bonds is 3. The second kappa shape index (κ2) is 5.95. The number of aliphatic hydroxyl groups excluding tert-OH is 1. The van der Waals surface area contributed by atoms with Crippen LogP contribution < -0.4 is 0 Å². The van der Waals surface area contributed by atoms with Crippen LogP contribution in [-0.4, -0.2) is 42.9 Å². The number of morpholine rings is 1. The highest BCUT2D eigenvalue weighted by Gasteiger charge is 2.15. The van der Waals surface area contributed by atoms with Crippen molar-refractivity contribution in [2.75, 3.05) is 32.8 Å². The van der Waals surface area contributed by atoms with Crippen LogP contribution in [0, 0.1) is 3.57 Å². The number of hydrogen-bond acceptors (Lipinski definition) is 3. The zero-order valence-corrected chi connectivity index (χ0v) is 11.3. The molecule has 1 atom stereocenters. The summed E-state index contributed by atoms with van der Waals surface area (Å²) < 4.78 is 6.47. The summed E-state index contributed by atoms with van der Waals surface area (Å²) in [6.45, 7) is 4.09. The normalized spacial score (nSPS) is 19.6. The van der Waals surface area contributed by atoms with Crippen LogP contribution in [0.4, 0.5) is 0 Å². The first-order valence-electron chi connectivity index (χ1n) is 5.49. The molecule has 1 N–H and O–H groups in total. The summed E-state index contributed by atoms with van der Waals surface area (Å²) in [6, 6.07) is 8.04. The predicted octanol–water partition coefficient (Wildman–Crippen LogP) is 1.66. The van der Waals surface area contributed by atoms with Crippen molar-refractivity contribution in [3.8, 4) is 0 Å². The Bertz CT molecular complexity index is 322. The lowest BCUT2D eigenvalue weighted by Crippen LogP contribution is -2.38. The minimum atomic E-state index is -0.393. The van der Waals surface area contributed by atoms with Gasteiger partial charge in [0.25, 0.3) is 0 Å². The molecule has 0 amide bonds. The molecule has 1 heterocycles. The average Bonchev–Trinajstić information content (AvgIpc) is 2.31. The molecular formula is C12H16INO2. The molecule has 4 heteroatoms. The molecule has 1 fully saturated rings. The van der Waals surface area contributed by atoms with Crippen LogP contribution in [-0.2, 0) is 4.74 Å². The topological polar surface area (TPSA) is 32.7 Å². The Labute approximate surface area is 110 Å². The third-order valence-corrected chi connectivity index (χ3v) is 3.51. The lowest BCUT2D eigenvalue weighted by molar-refractivity contribution is 0.0143. The quantitative estimate of drug-likeness (QED) is 0.854. The van der Waals surface area contributed by atoms with E-state index < -0.39 is 6.10 Å². The summed E-state index contributed by atoms with van der Waals surface area (Å²) in [5, 5.41) is 10.1. The SMILES string of the molecule is O[C@H](CN1CCOCC1)c1ccc(I)cc1. The van der Waals surface area contributed by atoms with Gasteiger partial charge in [-0.2, -0.15) is 0 Å². The number of hydrogen-bond donors (Lipinski definition) is 1. The van der Waals surface area contributed by atoms with Gasteiger partial charge in [-0.25, -0.2) is 0 Å². The van der Waals surface area contributed by atoms with E-state index in [9.17, 15) is 5.11 Å². The Morgan fingerprint density at radius 3 is 2.50 bits per heavy atom. The summed E-state index contributed by atoms with van der Waals surface area (Å²) in [5.74, 6) is 0. The number of nitrogens with zero attached hydrogens (tertiary/aromatic N) is 1. The van der Waals surface area contributed by atoms with Gasteiger partial charge in [-0.15, -0.1) is 0 Å². The van der Waals surface area contributed by atoms with Gasteiger partial charge < -0.3 is 9.84 Å². The summed E-state index contributed by atoms with van der Waals surface area (Å²) in [6.07, 6.45) is -0.393. The molecule has 2 rings (SSSR count). The van der Waals surface area contributed by atoms with Gasteiger partial charge in [0, 0.05) is 23.2 Å². The molecule has 0 radical (unpaired) electrons. The Morgan fingerprint density at radius 1 is 1.25 bits per heavy atom. The number of halogens is 1. The van der Waals surface area contributed by atoms with Gasteiger partial charge in [-0.1, -0.05) is 12.1 Å². The fourth-order valence-electron chi connectivity index (χ4n) is 1.82. The van der Waals surface area contributed by atoms with Crippen molar-refractivity contribution in [3.05, 3.63) is 33.4 Å².